The number of aliphatic carboxylic acids is 1. The second-order valence-corrected chi connectivity index (χ2v) is 8.12. The summed E-state index contributed by atoms with van der Waals surface area (Å²) in [5.74, 6) is 0.261. The molecule has 0 saturated heterocycles. The molecule has 0 spiro atoms. The molecule has 10 heteroatoms. The van der Waals surface area contributed by atoms with Gasteiger partial charge in [0.25, 0.3) is 5.91 Å². The van der Waals surface area contributed by atoms with Crippen molar-refractivity contribution in [2.45, 2.75) is 18.9 Å². The summed E-state index contributed by atoms with van der Waals surface area (Å²) in [6, 6.07) is 14.7. The van der Waals surface area contributed by atoms with Gasteiger partial charge in [0, 0.05) is 19.2 Å². The Morgan fingerprint density at radius 1 is 1.11 bits per heavy atom. The molecule has 0 saturated carbocycles. The van der Waals surface area contributed by atoms with E-state index in [1.165, 1.54) is 6.07 Å². The summed E-state index contributed by atoms with van der Waals surface area (Å²) in [4.78, 5) is 28.8. The topological polar surface area (TPSA) is 119 Å². The van der Waals surface area contributed by atoms with Crippen molar-refractivity contribution in [3.05, 3.63) is 76.9 Å². The molecule has 1 amide bonds. The molecule has 4 rings (SSSR count). The van der Waals surface area contributed by atoms with E-state index in [2.05, 4.69) is 15.6 Å². The van der Waals surface area contributed by atoms with Gasteiger partial charge in [-0.1, -0.05) is 29.8 Å². The van der Waals surface area contributed by atoms with E-state index in [4.69, 9.17) is 25.8 Å². The summed E-state index contributed by atoms with van der Waals surface area (Å²) in [6.45, 7) is 1.20. The number of carboxylic acids is 1. The van der Waals surface area contributed by atoms with Crippen LogP contribution in [0.25, 0.3) is 0 Å². The zero-order chi connectivity index (χ0) is 24.6. The number of amides is 1. The quantitative estimate of drug-likeness (QED) is 0.342. The van der Waals surface area contributed by atoms with Gasteiger partial charge in [0.1, 0.15) is 23.2 Å². The van der Waals surface area contributed by atoms with Gasteiger partial charge < -0.3 is 30.0 Å². The number of carbonyl (C=O) groups is 2. The second kappa shape index (κ2) is 11.4. The molecule has 1 atom stereocenters. The van der Waals surface area contributed by atoms with Gasteiger partial charge in [0.2, 0.25) is 6.79 Å². The Balaban J connectivity index is 1.29. The fourth-order valence-electron chi connectivity index (χ4n) is 3.49. The molecule has 1 aromatic heterocycles. The van der Waals surface area contributed by atoms with Gasteiger partial charge in [-0.05, 0) is 48.4 Å². The number of anilines is 1. The molecule has 9 nitrogen and oxygen atoms in total. The predicted octanol–water partition coefficient (Wildman–Crippen LogP) is 3.77. The number of nitrogens with zero attached hydrogens (tertiary/aromatic N) is 1. The summed E-state index contributed by atoms with van der Waals surface area (Å²) < 4.78 is 16.4. The minimum absolute atomic E-state index is 0.0342. The van der Waals surface area contributed by atoms with Crippen molar-refractivity contribution in [3.8, 4) is 17.2 Å². The van der Waals surface area contributed by atoms with Crippen molar-refractivity contribution in [2.24, 2.45) is 0 Å². The van der Waals surface area contributed by atoms with Crippen LogP contribution in [0.3, 0.4) is 0 Å². The lowest BCUT2D eigenvalue weighted by molar-refractivity contribution is -0.139. The van der Waals surface area contributed by atoms with Crippen molar-refractivity contribution in [2.75, 3.05) is 25.3 Å². The number of aromatic nitrogens is 1. The molecule has 0 fully saturated rings. The van der Waals surface area contributed by atoms with Crippen molar-refractivity contribution < 1.29 is 28.9 Å². The molecule has 0 radical (unpaired) electrons. The number of ether oxygens (including phenoxy) is 3. The van der Waals surface area contributed by atoms with Gasteiger partial charge in [0.15, 0.2) is 11.5 Å². The number of fused-ring (bicyclic) bond motifs is 1. The summed E-state index contributed by atoms with van der Waals surface area (Å²) in [5, 5.41) is 15.5. The highest BCUT2D eigenvalue weighted by atomic mass is 35.5. The SMILES string of the molecule is O=C(N[C@@H](Cc1ccc(OCCCNc2ccccn2)cc1)C(=O)O)c1c(Cl)ccc2c1OCO2. The highest BCUT2D eigenvalue weighted by Gasteiger charge is 2.28. The minimum Gasteiger partial charge on any atom is -0.494 e. The smallest absolute Gasteiger partial charge is 0.326 e. The molecule has 182 valence electrons. The van der Waals surface area contributed by atoms with E-state index in [0.717, 1.165) is 24.3 Å². The Labute approximate surface area is 207 Å². The lowest BCUT2D eigenvalue weighted by Gasteiger charge is -2.16. The zero-order valence-corrected chi connectivity index (χ0v) is 19.5. The summed E-state index contributed by atoms with van der Waals surface area (Å²) in [5.41, 5.74) is 0.778. The van der Waals surface area contributed by atoms with Crippen LogP contribution < -0.4 is 24.8 Å². The van der Waals surface area contributed by atoms with Crippen LogP contribution in [0.15, 0.2) is 60.8 Å². The molecule has 3 aromatic rings. The van der Waals surface area contributed by atoms with Crippen LogP contribution in [0.4, 0.5) is 5.82 Å². The maximum atomic E-state index is 12.8. The Morgan fingerprint density at radius 2 is 1.94 bits per heavy atom. The highest BCUT2D eigenvalue weighted by molar-refractivity contribution is 6.34. The molecule has 3 N–H and O–H groups in total. The van der Waals surface area contributed by atoms with E-state index >= 15 is 0 Å². The Bertz CT molecular complexity index is 1170. The van der Waals surface area contributed by atoms with Crippen LogP contribution in [-0.2, 0) is 11.2 Å². The molecule has 0 aliphatic carbocycles. The molecule has 1 aliphatic rings. The maximum Gasteiger partial charge on any atom is 0.326 e. The average Bonchev–Trinajstić information content (AvgIpc) is 3.33. The fraction of sp³-hybridized carbons (Fsp3) is 0.240. The van der Waals surface area contributed by atoms with Gasteiger partial charge in [-0.2, -0.15) is 0 Å². The van der Waals surface area contributed by atoms with Crippen molar-refractivity contribution >= 4 is 29.3 Å². The minimum atomic E-state index is -1.17. The van der Waals surface area contributed by atoms with Crippen LogP contribution in [0.2, 0.25) is 5.02 Å². The number of rotatable bonds is 11. The second-order valence-electron chi connectivity index (χ2n) is 7.71. The Kier molecular flexibility index (Phi) is 7.89. The first kappa shape index (κ1) is 24.2. The number of carbonyl (C=O) groups excluding carboxylic acids is 1. The first-order valence-corrected chi connectivity index (χ1v) is 11.4. The molecule has 0 unspecified atom stereocenters. The Hall–Kier alpha value is -3.98. The number of hydrogen-bond donors (Lipinski definition) is 3. The van der Waals surface area contributed by atoms with Gasteiger partial charge in [0.05, 0.1) is 11.6 Å². The van der Waals surface area contributed by atoms with Gasteiger partial charge in [-0.3, -0.25) is 4.79 Å². The van der Waals surface area contributed by atoms with E-state index in [1.54, 1.807) is 36.5 Å². The van der Waals surface area contributed by atoms with Gasteiger partial charge in [-0.15, -0.1) is 0 Å². The van der Waals surface area contributed by atoms with Crippen LogP contribution in [-0.4, -0.2) is 48.0 Å². The zero-order valence-electron chi connectivity index (χ0n) is 18.7. The predicted molar refractivity (Wildman–Crippen MR) is 129 cm³/mol. The van der Waals surface area contributed by atoms with E-state index in [0.29, 0.717) is 18.1 Å². The summed E-state index contributed by atoms with van der Waals surface area (Å²) in [7, 11) is 0. The van der Waals surface area contributed by atoms with Crippen LogP contribution >= 0.6 is 11.6 Å². The standard InChI is InChI=1S/C25H24ClN3O6/c26-18-9-10-20-23(35-15-34-20)22(18)24(30)29-19(25(31)32)14-16-5-7-17(8-6-16)33-13-3-12-28-21-4-1-2-11-27-21/h1-2,4-11,19H,3,12-15H2,(H,27,28)(H,29,30)(H,31,32)/t19-/m0/s1. The summed E-state index contributed by atoms with van der Waals surface area (Å²) in [6.07, 6.45) is 2.60. The fourth-order valence-corrected chi connectivity index (χ4v) is 3.73. The lowest BCUT2D eigenvalue weighted by atomic mass is 10.0. The molecule has 2 heterocycles. The van der Waals surface area contributed by atoms with Crippen molar-refractivity contribution in [3.63, 3.8) is 0 Å². The van der Waals surface area contributed by atoms with Crippen LogP contribution in [0.5, 0.6) is 17.2 Å². The number of pyridine rings is 1. The van der Waals surface area contributed by atoms with E-state index < -0.39 is 17.9 Å². The van der Waals surface area contributed by atoms with Crippen molar-refractivity contribution in [1.29, 1.82) is 0 Å². The Morgan fingerprint density at radius 3 is 2.69 bits per heavy atom. The molecule has 0 bridgehead atoms. The lowest BCUT2D eigenvalue weighted by Crippen LogP contribution is -2.42. The third kappa shape index (κ3) is 6.33. The number of nitrogens with one attached hydrogen (secondary N) is 2. The normalized spacial score (nSPS) is 12.6. The van der Waals surface area contributed by atoms with Crippen molar-refractivity contribution in [1.82, 2.24) is 10.3 Å². The molecule has 1 aliphatic heterocycles. The highest BCUT2D eigenvalue weighted by Crippen LogP contribution is 2.39. The third-order valence-corrected chi connectivity index (χ3v) is 5.56. The molecular formula is C25H24ClN3O6. The third-order valence-electron chi connectivity index (χ3n) is 5.24. The largest absolute Gasteiger partial charge is 0.494 e. The number of hydrogen-bond acceptors (Lipinski definition) is 7. The first-order valence-electron chi connectivity index (χ1n) is 11.0. The monoisotopic (exact) mass is 497 g/mol. The van der Waals surface area contributed by atoms with E-state index in [9.17, 15) is 14.7 Å². The number of carboxylic acid groups (broad SMARTS) is 1. The molecular weight excluding hydrogens is 474 g/mol. The molecule has 2 aromatic carbocycles. The van der Waals surface area contributed by atoms with Crippen LogP contribution in [0.1, 0.15) is 22.3 Å². The number of benzene rings is 2. The van der Waals surface area contributed by atoms with Gasteiger partial charge in [-0.25, -0.2) is 9.78 Å². The first-order chi connectivity index (χ1) is 17.0. The number of halogens is 1. The van der Waals surface area contributed by atoms with Gasteiger partial charge >= 0.3 is 5.97 Å². The van der Waals surface area contributed by atoms with E-state index in [1.807, 2.05) is 18.2 Å². The van der Waals surface area contributed by atoms with E-state index in [-0.39, 0.29) is 29.5 Å². The summed E-state index contributed by atoms with van der Waals surface area (Å²) >= 11 is 6.17. The maximum absolute atomic E-state index is 12.8. The molecule has 35 heavy (non-hydrogen) atoms. The average molecular weight is 498 g/mol. The van der Waals surface area contributed by atoms with Crippen LogP contribution in [0, 0.1) is 0 Å².